The van der Waals surface area contributed by atoms with Crippen LogP contribution in [0.4, 0.5) is 5.69 Å². The Kier molecular flexibility index (Phi) is 2.72. The van der Waals surface area contributed by atoms with Gasteiger partial charge >= 0.3 is 0 Å². The Balaban J connectivity index is 2.61. The van der Waals surface area contributed by atoms with Gasteiger partial charge in [0.15, 0.2) is 0 Å². The summed E-state index contributed by atoms with van der Waals surface area (Å²) < 4.78 is 2.76. The molecule has 0 aliphatic rings. The highest BCUT2D eigenvalue weighted by Gasteiger charge is 1.82. The zero-order chi connectivity index (χ0) is 6.53. The molecule has 9 heavy (non-hydrogen) atoms. The predicted molar refractivity (Wildman–Crippen MR) is 45.0 cm³/mol. The maximum absolute atomic E-state index is 3.90. The maximum Gasteiger partial charge on any atom is 0.0678 e. The molecule has 0 amide bonds. The quantitative estimate of drug-likeness (QED) is 0.461. The lowest BCUT2D eigenvalue weighted by molar-refractivity contribution is 1.23. The molecule has 0 fully saturated rings. The van der Waals surface area contributed by atoms with Crippen molar-refractivity contribution in [2.24, 2.45) is 0 Å². The largest absolute Gasteiger partial charge is 0.311 e. The van der Waals surface area contributed by atoms with Crippen LogP contribution in [-0.4, -0.2) is 4.98 Å². The summed E-state index contributed by atoms with van der Waals surface area (Å²) in [5.41, 5.74) is 3.85. The number of hydrogen-bond donors (Lipinski definition) is 2. The van der Waals surface area contributed by atoms with Crippen LogP contribution in [-0.2, 0) is 0 Å². The number of anilines is 1. The average Bonchev–Trinajstić information content (AvgIpc) is 1.91. The summed E-state index contributed by atoms with van der Waals surface area (Å²) in [5, 5.41) is 0. The second-order valence-corrected chi connectivity index (χ2v) is 2.00. The molecule has 1 heterocycles. The number of hydrogen-bond acceptors (Lipinski definition) is 3. The number of aromatic nitrogens is 1. The molecule has 0 spiro atoms. The molecule has 2 N–H and O–H groups in total. The third kappa shape index (κ3) is 2.15. The Morgan fingerprint density at radius 2 is 2.44 bits per heavy atom. The molecule has 0 radical (unpaired) electrons. The lowest BCUT2D eigenvalue weighted by atomic mass is 10.4. The van der Waals surface area contributed by atoms with E-state index in [-0.39, 0.29) is 0 Å². The lowest BCUT2D eigenvalue weighted by Crippen LogP contribution is -2.07. The van der Waals surface area contributed by atoms with E-state index in [9.17, 15) is 0 Å². The van der Waals surface area contributed by atoms with Gasteiger partial charge in [-0.05, 0) is 12.1 Å². The number of nitrogens with zero attached hydrogens (tertiary/aromatic N) is 1. The van der Waals surface area contributed by atoms with Crippen molar-refractivity contribution < 1.29 is 0 Å². The van der Waals surface area contributed by atoms with Crippen LogP contribution in [0, 0.1) is 0 Å². The highest BCUT2D eigenvalue weighted by molar-refractivity contribution is 14.1. The fourth-order valence-electron chi connectivity index (χ4n) is 0.491. The van der Waals surface area contributed by atoms with Gasteiger partial charge in [0.2, 0.25) is 0 Å². The summed E-state index contributed by atoms with van der Waals surface area (Å²) in [6.45, 7) is 0. The van der Waals surface area contributed by atoms with Gasteiger partial charge in [0.1, 0.15) is 0 Å². The molecule has 3 nitrogen and oxygen atoms in total. The van der Waals surface area contributed by atoms with Gasteiger partial charge in [-0.1, -0.05) is 0 Å². The van der Waals surface area contributed by atoms with Crippen molar-refractivity contribution in [2.45, 2.75) is 0 Å². The molecule has 0 aromatic carbocycles. The van der Waals surface area contributed by atoms with Crippen molar-refractivity contribution in [1.29, 1.82) is 0 Å². The molecule has 0 unspecified atom stereocenters. The second-order valence-electron chi connectivity index (χ2n) is 1.46. The molecular weight excluding hydrogens is 229 g/mol. The third-order valence-corrected chi connectivity index (χ3v) is 1.12. The first kappa shape index (κ1) is 6.76. The van der Waals surface area contributed by atoms with Crippen LogP contribution in [0.1, 0.15) is 0 Å². The Labute approximate surface area is 67.3 Å². The smallest absolute Gasteiger partial charge is 0.0678 e. The van der Waals surface area contributed by atoms with Crippen LogP contribution < -0.4 is 9.06 Å². The van der Waals surface area contributed by atoms with Crippen molar-refractivity contribution in [1.82, 2.24) is 8.62 Å². The molecule has 1 aromatic rings. The standard InChI is InChI=1S/C5H6IN3/c6-9-8-5-2-1-3-7-4-5/h1-4,8-9H. The average molecular weight is 235 g/mol. The second kappa shape index (κ2) is 3.62. The Morgan fingerprint density at radius 3 is 3.00 bits per heavy atom. The van der Waals surface area contributed by atoms with Crippen LogP contribution in [0.25, 0.3) is 0 Å². The third-order valence-electron chi connectivity index (χ3n) is 0.853. The molecule has 1 aromatic heterocycles. The van der Waals surface area contributed by atoms with Gasteiger partial charge < -0.3 is 5.43 Å². The van der Waals surface area contributed by atoms with Crippen molar-refractivity contribution in [3.8, 4) is 0 Å². The predicted octanol–water partition coefficient (Wildman–Crippen LogP) is 1.35. The van der Waals surface area contributed by atoms with Crippen LogP contribution in [0.3, 0.4) is 0 Å². The van der Waals surface area contributed by atoms with Gasteiger partial charge in [0.25, 0.3) is 0 Å². The molecule has 0 aliphatic heterocycles. The van der Waals surface area contributed by atoms with Crippen LogP contribution in [0.5, 0.6) is 0 Å². The molecule has 4 heteroatoms. The van der Waals surface area contributed by atoms with Crippen molar-refractivity contribution in [3.63, 3.8) is 0 Å². The molecule has 0 bridgehead atoms. The van der Waals surface area contributed by atoms with E-state index in [1.807, 2.05) is 35.0 Å². The highest BCUT2D eigenvalue weighted by Crippen LogP contribution is 1.99. The Bertz CT molecular complexity index is 165. The zero-order valence-electron chi connectivity index (χ0n) is 4.63. The Morgan fingerprint density at radius 1 is 1.56 bits per heavy atom. The van der Waals surface area contributed by atoms with Gasteiger partial charge in [-0.2, -0.15) is 3.64 Å². The number of rotatable bonds is 2. The summed E-state index contributed by atoms with van der Waals surface area (Å²) in [4.78, 5) is 3.90. The van der Waals surface area contributed by atoms with Gasteiger partial charge in [-0.15, -0.1) is 0 Å². The molecule has 48 valence electrons. The maximum atomic E-state index is 3.90. The first-order valence-electron chi connectivity index (χ1n) is 2.45. The molecular formula is C5H6IN3. The summed E-state index contributed by atoms with van der Waals surface area (Å²) in [6.07, 6.45) is 3.48. The highest BCUT2D eigenvalue weighted by atomic mass is 127. The number of nitrogens with one attached hydrogen (secondary N) is 2. The minimum Gasteiger partial charge on any atom is -0.311 e. The van der Waals surface area contributed by atoms with Crippen LogP contribution in [0.15, 0.2) is 24.5 Å². The van der Waals surface area contributed by atoms with E-state index in [1.54, 1.807) is 12.4 Å². The van der Waals surface area contributed by atoms with E-state index in [0.717, 1.165) is 5.69 Å². The molecule has 0 atom stereocenters. The number of halogens is 1. The minimum atomic E-state index is 0.965. The first-order valence-corrected chi connectivity index (χ1v) is 3.53. The molecule has 0 aliphatic carbocycles. The monoisotopic (exact) mass is 235 g/mol. The van der Waals surface area contributed by atoms with Gasteiger partial charge in [0.05, 0.1) is 11.9 Å². The Hall–Kier alpha value is -0.360. The van der Waals surface area contributed by atoms with E-state index in [0.29, 0.717) is 0 Å². The van der Waals surface area contributed by atoms with E-state index < -0.39 is 0 Å². The summed E-state index contributed by atoms with van der Waals surface area (Å²) in [6, 6.07) is 3.80. The summed E-state index contributed by atoms with van der Waals surface area (Å²) in [5.74, 6) is 0. The van der Waals surface area contributed by atoms with Crippen LogP contribution in [0.2, 0.25) is 0 Å². The van der Waals surface area contributed by atoms with Crippen molar-refractivity contribution >= 4 is 28.6 Å². The minimum absolute atomic E-state index is 0.965. The molecule has 0 saturated carbocycles. The molecule has 1 rings (SSSR count). The molecule has 0 saturated heterocycles. The van der Waals surface area contributed by atoms with Gasteiger partial charge in [-0.25, -0.2) is 0 Å². The van der Waals surface area contributed by atoms with Crippen molar-refractivity contribution in [3.05, 3.63) is 24.5 Å². The van der Waals surface area contributed by atoms with Gasteiger partial charge in [-0.3, -0.25) is 4.98 Å². The van der Waals surface area contributed by atoms with E-state index in [4.69, 9.17) is 0 Å². The fourth-order valence-corrected chi connectivity index (χ4v) is 0.803. The first-order chi connectivity index (χ1) is 4.43. The topological polar surface area (TPSA) is 37.0 Å². The summed E-state index contributed by atoms with van der Waals surface area (Å²) >= 11 is 2.00. The van der Waals surface area contributed by atoms with E-state index >= 15 is 0 Å². The normalized spacial score (nSPS) is 9.00. The van der Waals surface area contributed by atoms with Gasteiger partial charge in [0, 0.05) is 29.1 Å². The zero-order valence-corrected chi connectivity index (χ0v) is 6.79. The number of pyridine rings is 1. The summed E-state index contributed by atoms with van der Waals surface area (Å²) in [7, 11) is 0. The van der Waals surface area contributed by atoms with Crippen molar-refractivity contribution in [2.75, 3.05) is 5.43 Å². The van der Waals surface area contributed by atoms with E-state index in [2.05, 4.69) is 14.0 Å². The lowest BCUT2D eigenvalue weighted by Gasteiger charge is -1.98. The SMILES string of the molecule is INNc1cccnc1. The fraction of sp³-hybridized carbons (Fsp3) is 0. The number of hydrazine groups is 1. The van der Waals surface area contributed by atoms with Crippen LogP contribution >= 0.6 is 22.9 Å². The van der Waals surface area contributed by atoms with E-state index in [1.165, 1.54) is 0 Å².